The van der Waals surface area contributed by atoms with Crippen LogP contribution in [0.5, 0.6) is 0 Å². The van der Waals surface area contributed by atoms with Crippen molar-refractivity contribution < 1.29 is 13.6 Å². The first-order valence-electron chi connectivity index (χ1n) is 8.53. The second-order valence-electron chi connectivity index (χ2n) is 6.30. The lowest BCUT2D eigenvalue weighted by Crippen LogP contribution is -2.31. The normalized spacial score (nSPS) is 11.0. The van der Waals surface area contributed by atoms with Crippen LogP contribution in [0, 0.1) is 12.7 Å². The highest BCUT2D eigenvalue weighted by Crippen LogP contribution is 2.31. The van der Waals surface area contributed by atoms with Crippen LogP contribution in [0.25, 0.3) is 10.2 Å². The molecule has 27 heavy (non-hydrogen) atoms. The minimum atomic E-state index is -0.390. The van der Waals surface area contributed by atoms with Gasteiger partial charge in [-0.3, -0.25) is 9.69 Å². The van der Waals surface area contributed by atoms with Crippen LogP contribution in [0.4, 0.5) is 9.52 Å². The lowest BCUT2D eigenvalue weighted by Gasteiger charge is -2.18. The van der Waals surface area contributed by atoms with Gasteiger partial charge in [0.2, 0.25) is 5.91 Å². The van der Waals surface area contributed by atoms with Crippen LogP contribution in [0.3, 0.4) is 0 Å². The van der Waals surface area contributed by atoms with Crippen LogP contribution >= 0.6 is 11.3 Å². The maximum absolute atomic E-state index is 14.0. The number of anilines is 1. The average Bonchev–Trinajstić information content (AvgIpc) is 3.31. The molecule has 0 saturated heterocycles. The summed E-state index contributed by atoms with van der Waals surface area (Å²) in [6.45, 7) is 2.25. The molecule has 0 spiro atoms. The number of hydrogen-bond acceptors (Lipinski definition) is 4. The number of furan rings is 1. The van der Waals surface area contributed by atoms with Crippen molar-refractivity contribution in [2.75, 3.05) is 4.90 Å². The quantitative estimate of drug-likeness (QED) is 0.483. The molecule has 0 fully saturated rings. The number of para-hydroxylation sites is 1. The van der Waals surface area contributed by atoms with Crippen molar-refractivity contribution in [1.82, 2.24) is 4.98 Å². The lowest BCUT2D eigenvalue weighted by atomic mass is 10.1. The highest BCUT2D eigenvalue weighted by atomic mass is 32.1. The maximum atomic E-state index is 14.0. The molecule has 0 N–H and O–H groups in total. The smallest absolute Gasteiger partial charge is 0.233 e. The molecule has 0 aliphatic carbocycles. The number of carbonyl (C=O) groups is 1. The zero-order valence-electron chi connectivity index (χ0n) is 14.7. The molecule has 0 radical (unpaired) electrons. The largest absolute Gasteiger partial charge is 0.467 e. The van der Waals surface area contributed by atoms with Crippen molar-refractivity contribution in [3.8, 4) is 0 Å². The summed E-state index contributed by atoms with van der Waals surface area (Å²) >= 11 is 1.30. The Morgan fingerprint density at radius 3 is 2.67 bits per heavy atom. The molecule has 1 amide bonds. The predicted octanol–water partition coefficient (Wildman–Crippen LogP) is 5.11. The summed E-state index contributed by atoms with van der Waals surface area (Å²) in [5.41, 5.74) is 2.34. The third-order valence-electron chi connectivity index (χ3n) is 4.26. The minimum absolute atomic E-state index is 0.116. The van der Waals surface area contributed by atoms with E-state index in [0.29, 0.717) is 15.6 Å². The van der Waals surface area contributed by atoms with Gasteiger partial charge in [-0.1, -0.05) is 47.2 Å². The summed E-state index contributed by atoms with van der Waals surface area (Å²) in [5.74, 6) is 0.139. The number of aromatic nitrogens is 1. The molecule has 2 aromatic heterocycles. The summed E-state index contributed by atoms with van der Waals surface area (Å²) < 4.78 is 20.2. The van der Waals surface area contributed by atoms with E-state index in [-0.39, 0.29) is 30.2 Å². The molecule has 4 nitrogen and oxygen atoms in total. The Morgan fingerprint density at radius 2 is 1.96 bits per heavy atom. The van der Waals surface area contributed by atoms with Gasteiger partial charge in [-0.15, -0.1) is 0 Å². The van der Waals surface area contributed by atoms with Crippen LogP contribution in [-0.2, 0) is 17.8 Å². The van der Waals surface area contributed by atoms with Gasteiger partial charge in [0.25, 0.3) is 0 Å². The number of thiazole rings is 1. The van der Waals surface area contributed by atoms with Crippen LogP contribution < -0.4 is 4.90 Å². The number of fused-ring (bicyclic) bond motifs is 1. The number of amides is 1. The molecular weight excluding hydrogens is 363 g/mol. The van der Waals surface area contributed by atoms with Crippen molar-refractivity contribution in [3.05, 3.63) is 83.6 Å². The van der Waals surface area contributed by atoms with E-state index in [4.69, 9.17) is 4.42 Å². The van der Waals surface area contributed by atoms with Gasteiger partial charge in [0.1, 0.15) is 17.1 Å². The van der Waals surface area contributed by atoms with Gasteiger partial charge in [-0.2, -0.15) is 0 Å². The Labute approximate surface area is 159 Å². The molecule has 4 rings (SSSR count). The molecule has 0 unspecified atom stereocenters. The summed E-state index contributed by atoms with van der Waals surface area (Å²) in [5, 5.41) is 0.462. The Hall–Kier alpha value is -2.99. The number of aryl methyl sites for hydroxylation is 1. The topological polar surface area (TPSA) is 46.3 Å². The average molecular weight is 380 g/mol. The SMILES string of the molecule is Cc1ccc(CC(=O)N(Cc2ccco2)c2nc3c(F)cccc3s2)cc1. The number of carbonyl (C=O) groups excluding carboxylic acids is 1. The van der Waals surface area contributed by atoms with Crippen LogP contribution in [0.15, 0.2) is 65.3 Å². The van der Waals surface area contributed by atoms with E-state index in [0.717, 1.165) is 11.1 Å². The highest BCUT2D eigenvalue weighted by molar-refractivity contribution is 7.22. The van der Waals surface area contributed by atoms with Gasteiger partial charge in [-0.05, 0) is 36.8 Å². The molecule has 0 saturated carbocycles. The molecule has 2 aromatic carbocycles. The van der Waals surface area contributed by atoms with Crippen molar-refractivity contribution >= 4 is 32.6 Å². The van der Waals surface area contributed by atoms with Gasteiger partial charge in [-0.25, -0.2) is 9.37 Å². The number of hydrogen-bond donors (Lipinski definition) is 0. The Balaban J connectivity index is 1.68. The summed E-state index contributed by atoms with van der Waals surface area (Å²) in [7, 11) is 0. The standard InChI is InChI=1S/C21H17FN2O2S/c1-14-7-9-15(10-8-14)12-19(25)24(13-16-4-3-11-26-16)21-23-20-17(22)5-2-6-18(20)27-21/h2-11H,12-13H2,1H3. The van der Waals surface area contributed by atoms with Crippen molar-refractivity contribution in [3.63, 3.8) is 0 Å². The fourth-order valence-corrected chi connectivity index (χ4v) is 3.81. The fourth-order valence-electron chi connectivity index (χ4n) is 2.82. The first-order chi connectivity index (χ1) is 13.1. The van der Waals surface area contributed by atoms with Gasteiger partial charge in [0.15, 0.2) is 5.13 Å². The molecule has 2 heterocycles. The monoisotopic (exact) mass is 380 g/mol. The van der Waals surface area contributed by atoms with E-state index in [1.807, 2.05) is 31.2 Å². The van der Waals surface area contributed by atoms with Gasteiger partial charge >= 0.3 is 0 Å². The lowest BCUT2D eigenvalue weighted by molar-refractivity contribution is -0.118. The first kappa shape index (κ1) is 17.4. The number of rotatable bonds is 5. The molecule has 136 valence electrons. The van der Waals surface area contributed by atoms with E-state index in [9.17, 15) is 9.18 Å². The zero-order chi connectivity index (χ0) is 18.8. The van der Waals surface area contributed by atoms with Crippen molar-refractivity contribution in [2.45, 2.75) is 19.9 Å². The van der Waals surface area contributed by atoms with E-state index < -0.39 is 0 Å². The fraction of sp³-hybridized carbons (Fsp3) is 0.143. The predicted molar refractivity (Wildman–Crippen MR) is 104 cm³/mol. The maximum Gasteiger partial charge on any atom is 0.233 e. The summed E-state index contributed by atoms with van der Waals surface area (Å²) in [6.07, 6.45) is 1.80. The van der Waals surface area contributed by atoms with Crippen LogP contribution in [0.1, 0.15) is 16.9 Å². The van der Waals surface area contributed by atoms with E-state index >= 15 is 0 Å². The molecule has 6 heteroatoms. The minimum Gasteiger partial charge on any atom is -0.467 e. The Kier molecular flexibility index (Phi) is 4.73. The van der Waals surface area contributed by atoms with E-state index in [2.05, 4.69) is 4.98 Å². The van der Waals surface area contributed by atoms with Crippen LogP contribution in [0.2, 0.25) is 0 Å². The molecule has 0 aliphatic heterocycles. The van der Waals surface area contributed by atoms with Gasteiger partial charge < -0.3 is 4.42 Å². The summed E-state index contributed by atoms with van der Waals surface area (Å²) in [4.78, 5) is 19.0. The summed E-state index contributed by atoms with van der Waals surface area (Å²) in [6, 6.07) is 16.2. The number of halogens is 1. The van der Waals surface area contributed by atoms with Crippen molar-refractivity contribution in [1.29, 1.82) is 0 Å². The Bertz CT molecular complexity index is 1070. The molecule has 0 atom stereocenters. The number of benzene rings is 2. The van der Waals surface area contributed by atoms with Crippen LogP contribution in [-0.4, -0.2) is 10.9 Å². The van der Waals surface area contributed by atoms with Gasteiger partial charge in [0, 0.05) is 0 Å². The van der Waals surface area contributed by atoms with E-state index in [1.54, 1.807) is 35.4 Å². The molecule has 4 aromatic rings. The highest BCUT2D eigenvalue weighted by Gasteiger charge is 2.22. The number of nitrogens with zero attached hydrogens (tertiary/aromatic N) is 2. The van der Waals surface area contributed by atoms with E-state index in [1.165, 1.54) is 17.4 Å². The second-order valence-corrected chi connectivity index (χ2v) is 7.31. The Morgan fingerprint density at radius 1 is 1.15 bits per heavy atom. The molecule has 0 aliphatic rings. The van der Waals surface area contributed by atoms with Gasteiger partial charge in [0.05, 0.1) is 23.9 Å². The third kappa shape index (κ3) is 3.75. The molecule has 0 bridgehead atoms. The first-order valence-corrected chi connectivity index (χ1v) is 9.35. The molecular formula is C21H17FN2O2S. The van der Waals surface area contributed by atoms with Crippen molar-refractivity contribution in [2.24, 2.45) is 0 Å². The zero-order valence-corrected chi connectivity index (χ0v) is 15.5. The third-order valence-corrected chi connectivity index (χ3v) is 5.30. The second kappa shape index (κ2) is 7.32.